The van der Waals surface area contributed by atoms with Crippen LogP contribution in [0.4, 0.5) is 14.9 Å². The fraction of sp³-hybridized carbons (Fsp3) is 0.130. The number of aromatic amines is 1. The van der Waals surface area contributed by atoms with Gasteiger partial charge in [0.25, 0.3) is 5.56 Å². The minimum absolute atomic E-state index is 0.0280. The summed E-state index contributed by atoms with van der Waals surface area (Å²) in [7, 11) is 0. The molecule has 0 aliphatic carbocycles. The SMILES string of the molecule is Cc1ccc2[nH]c(=O)c(CN(Cc3ccco3)C(=O)Nc3ccccc3F)cc2c1. The summed E-state index contributed by atoms with van der Waals surface area (Å²) >= 11 is 0. The molecule has 7 heteroatoms. The zero-order chi connectivity index (χ0) is 21.1. The Kier molecular flexibility index (Phi) is 5.34. The highest BCUT2D eigenvalue weighted by atomic mass is 19.1. The lowest BCUT2D eigenvalue weighted by atomic mass is 10.1. The van der Waals surface area contributed by atoms with Gasteiger partial charge in [0, 0.05) is 11.1 Å². The number of carbonyl (C=O) groups excluding carboxylic acids is 1. The number of rotatable bonds is 5. The third kappa shape index (κ3) is 4.25. The van der Waals surface area contributed by atoms with Gasteiger partial charge in [0.2, 0.25) is 0 Å². The first-order chi connectivity index (χ1) is 14.5. The van der Waals surface area contributed by atoms with Crippen molar-refractivity contribution < 1.29 is 13.6 Å². The first-order valence-electron chi connectivity index (χ1n) is 9.45. The minimum atomic E-state index is -0.541. The van der Waals surface area contributed by atoms with Crippen LogP contribution in [0.5, 0.6) is 0 Å². The van der Waals surface area contributed by atoms with Crippen molar-refractivity contribution in [3.63, 3.8) is 0 Å². The fourth-order valence-corrected chi connectivity index (χ4v) is 3.24. The number of furan rings is 1. The van der Waals surface area contributed by atoms with Gasteiger partial charge in [-0.15, -0.1) is 0 Å². The van der Waals surface area contributed by atoms with Crippen LogP contribution in [0.15, 0.2) is 76.1 Å². The first-order valence-corrected chi connectivity index (χ1v) is 9.45. The van der Waals surface area contributed by atoms with E-state index in [0.717, 1.165) is 16.5 Å². The monoisotopic (exact) mass is 405 g/mol. The van der Waals surface area contributed by atoms with Crippen molar-refractivity contribution >= 4 is 22.6 Å². The van der Waals surface area contributed by atoms with Crippen LogP contribution in [-0.2, 0) is 13.1 Å². The van der Waals surface area contributed by atoms with Crippen molar-refractivity contribution in [2.45, 2.75) is 20.0 Å². The Hall–Kier alpha value is -3.87. The zero-order valence-corrected chi connectivity index (χ0v) is 16.3. The highest BCUT2D eigenvalue weighted by molar-refractivity contribution is 5.89. The number of benzene rings is 2. The summed E-state index contributed by atoms with van der Waals surface area (Å²) in [6.45, 7) is 2.12. The number of amides is 2. The van der Waals surface area contributed by atoms with Crippen LogP contribution >= 0.6 is 0 Å². The van der Waals surface area contributed by atoms with Gasteiger partial charge in [-0.25, -0.2) is 9.18 Å². The van der Waals surface area contributed by atoms with Crippen LogP contribution in [-0.4, -0.2) is 15.9 Å². The van der Waals surface area contributed by atoms with Crippen molar-refractivity contribution in [3.05, 3.63) is 100.0 Å². The Labute approximate surface area is 171 Å². The average Bonchev–Trinajstić information content (AvgIpc) is 3.23. The van der Waals surface area contributed by atoms with Crippen molar-refractivity contribution in [2.75, 3.05) is 5.32 Å². The summed E-state index contributed by atoms with van der Waals surface area (Å²) in [5.41, 5.74) is 1.99. The molecular formula is C23H20FN3O3. The van der Waals surface area contributed by atoms with Gasteiger partial charge in [-0.05, 0) is 54.8 Å². The number of anilines is 1. The summed E-state index contributed by atoms with van der Waals surface area (Å²) in [6.07, 6.45) is 1.51. The molecule has 0 radical (unpaired) electrons. The van der Waals surface area contributed by atoms with Crippen molar-refractivity contribution in [3.8, 4) is 0 Å². The van der Waals surface area contributed by atoms with E-state index in [2.05, 4.69) is 10.3 Å². The Morgan fingerprint density at radius 1 is 1.10 bits per heavy atom. The topological polar surface area (TPSA) is 78.3 Å². The molecule has 0 atom stereocenters. The van der Waals surface area contributed by atoms with Crippen LogP contribution in [0.3, 0.4) is 0 Å². The molecule has 2 aromatic carbocycles. The smallest absolute Gasteiger partial charge is 0.322 e. The molecule has 0 saturated carbocycles. The number of halogens is 1. The number of carbonyl (C=O) groups is 1. The van der Waals surface area contributed by atoms with E-state index in [9.17, 15) is 14.0 Å². The molecule has 0 bridgehead atoms. The molecule has 30 heavy (non-hydrogen) atoms. The summed E-state index contributed by atoms with van der Waals surface area (Å²) < 4.78 is 19.3. The maximum atomic E-state index is 14.0. The van der Waals surface area contributed by atoms with Gasteiger partial charge in [-0.2, -0.15) is 0 Å². The number of urea groups is 1. The highest BCUT2D eigenvalue weighted by Gasteiger charge is 2.19. The van der Waals surface area contributed by atoms with Gasteiger partial charge in [-0.3, -0.25) is 4.79 Å². The molecule has 0 aliphatic heterocycles. The number of aromatic nitrogens is 1. The molecule has 6 nitrogen and oxygen atoms in total. The van der Waals surface area contributed by atoms with E-state index in [1.807, 2.05) is 25.1 Å². The third-order valence-electron chi connectivity index (χ3n) is 4.77. The van der Waals surface area contributed by atoms with Gasteiger partial charge < -0.3 is 19.6 Å². The number of para-hydroxylation sites is 1. The molecule has 2 amide bonds. The number of fused-ring (bicyclic) bond motifs is 1. The van der Waals surface area contributed by atoms with E-state index in [1.54, 1.807) is 30.3 Å². The van der Waals surface area contributed by atoms with Crippen LogP contribution in [0.25, 0.3) is 10.9 Å². The van der Waals surface area contributed by atoms with E-state index < -0.39 is 11.8 Å². The Balaban J connectivity index is 1.65. The number of hydrogen-bond acceptors (Lipinski definition) is 3. The predicted molar refractivity (Wildman–Crippen MR) is 113 cm³/mol. The molecule has 0 aliphatic rings. The maximum absolute atomic E-state index is 14.0. The second kappa shape index (κ2) is 8.24. The van der Waals surface area contributed by atoms with Gasteiger partial charge in [-0.1, -0.05) is 23.8 Å². The van der Waals surface area contributed by atoms with Crippen LogP contribution in [0, 0.1) is 12.7 Å². The first kappa shape index (κ1) is 19.4. The molecular weight excluding hydrogens is 385 g/mol. The molecule has 0 spiro atoms. The molecule has 4 rings (SSSR count). The average molecular weight is 405 g/mol. The van der Waals surface area contributed by atoms with E-state index in [0.29, 0.717) is 11.3 Å². The van der Waals surface area contributed by atoms with Gasteiger partial charge in [0.05, 0.1) is 25.0 Å². The molecule has 152 valence electrons. The Morgan fingerprint density at radius 2 is 1.93 bits per heavy atom. The van der Waals surface area contributed by atoms with E-state index in [4.69, 9.17) is 4.42 Å². The number of aryl methyl sites for hydroxylation is 1. The number of H-pyrrole nitrogens is 1. The standard InChI is InChI=1S/C23H20FN3O3/c1-15-8-9-20-16(11-15)12-17(22(28)25-20)13-27(14-18-5-4-10-30-18)23(29)26-21-7-3-2-6-19(21)24/h2-12H,13-14H2,1H3,(H,25,28)(H,26,29). The molecule has 2 N–H and O–H groups in total. The van der Waals surface area contributed by atoms with Gasteiger partial charge >= 0.3 is 6.03 Å². The maximum Gasteiger partial charge on any atom is 0.322 e. The predicted octanol–water partition coefficient (Wildman–Crippen LogP) is 4.80. The molecule has 0 unspecified atom stereocenters. The summed E-state index contributed by atoms with van der Waals surface area (Å²) in [4.78, 5) is 29.8. The second-order valence-corrected chi connectivity index (χ2v) is 7.06. The number of pyridine rings is 1. The zero-order valence-electron chi connectivity index (χ0n) is 16.3. The lowest BCUT2D eigenvalue weighted by Gasteiger charge is -2.22. The van der Waals surface area contributed by atoms with E-state index >= 15 is 0 Å². The Morgan fingerprint density at radius 3 is 2.70 bits per heavy atom. The van der Waals surface area contributed by atoms with Gasteiger partial charge in [0.15, 0.2) is 0 Å². The highest BCUT2D eigenvalue weighted by Crippen LogP contribution is 2.18. The number of hydrogen-bond donors (Lipinski definition) is 2. The van der Waals surface area contributed by atoms with Crippen LogP contribution in [0.2, 0.25) is 0 Å². The third-order valence-corrected chi connectivity index (χ3v) is 4.77. The number of nitrogens with one attached hydrogen (secondary N) is 2. The summed E-state index contributed by atoms with van der Waals surface area (Å²) in [6, 6.07) is 16.3. The lowest BCUT2D eigenvalue weighted by Crippen LogP contribution is -2.35. The minimum Gasteiger partial charge on any atom is -0.467 e. The molecule has 2 aromatic heterocycles. The summed E-state index contributed by atoms with van der Waals surface area (Å²) in [5, 5.41) is 3.44. The molecule has 2 heterocycles. The van der Waals surface area contributed by atoms with Crippen molar-refractivity contribution in [1.82, 2.24) is 9.88 Å². The molecule has 0 fully saturated rings. The van der Waals surface area contributed by atoms with Crippen LogP contribution < -0.4 is 10.9 Å². The fourth-order valence-electron chi connectivity index (χ4n) is 3.24. The quantitative estimate of drug-likeness (QED) is 0.500. The van der Waals surface area contributed by atoms with Gasteiger partial charge in [0.1, 0.15) is 11.6 Å². The van der Waals surface area contributed by atoms with Crippen LogP contribution in [0.1, 0.15) is 16.9 Å². The lowest BCUT2D eigenvalue weighted by molar-refractivity contribution is 0.201. The van der Waals surface area contributed by atoms with Crippen molar-refractivity contribution in [1.29, 1.82) is 0 Å². The Bertz CT molecular complexity index is 1250. The molecule has 4 aromatic rings. The number of nitrogens with zero attached hydrogens (tertiary/aromatic N) is 1. The largest absolute Gasteiger partial charge is 0.467 e. The van der Waals surface area contributed by atoms with Crippen molar-refractivity contribution in [2.24, 2.45) is 0 Å². The molecule has 0 saturated heterocycles. The normalized spacial score (nSPS) is 10.9. The van der Waals surface area contributed by atoms with E-state index in [1.165, 1.54) is 23.3 Å². The van der Waals surface area contributed by atoms with E-state index in [-0.39, 0.29) is 24.3 Å². The summed E-state index contributed by atoms with van der Waals surface area (Å²) in [5.74, 6) is 0.00886. The second-order valence-electron chi connectivity index (χ2n) is 7.06.